The van der Waals surface area contributed by atoms with Crippen molar-refractivity contribution in [3.05, 3.63) is 24.3 Å². The molecule has 2 rings (SSSR count). The molecule has 1 saturated heterocycles. The molecule has 124 valence electrons. The number of sulfonamides is 2. The summed E-state index contributed by atoms with van der Waals surface area (Å²) in [5, 5.41) is 0. The molecule has 8 heteroatoms. The van der Waals surface area contributed by atoms with E-state index in [1.54, 1.807) is 6.92 Å². The fourth-order valence-corrected chi connectivity index (χ4v) is 4.70. The van der Waals surface area contributed by atoms with Crippen LogP contribution in [0, 0.1) is 5.92 Å². The highest BCUT2D eigenvalue weighted by Crippen LogP contribution is 2.24. The molecule has 0 amide bonds. The van der Waals surface area contributed by atoms with Crippen molar-refractivity contribution in [2.75, 3.05) is 23.6 Å². The molecule has 0 radical (unpaired) electrons. The number of benzene rings is 1. The highest BCUT2D eigenvalue weighted by atomic mass is 32.2. The Balaban J connectivity index is 2.19. The molecule has 1 N–H and O–H groups in total. The van der Waals surface area contributed by atoms with Gasteiger partial charge in [-0.15, -0.1) is 0 Å². The second kappa shape index (κ2) is 6.55. The summed E-state index contributed by atoms with van der Waals surface area (Å²) in [7, 11) is -6.86. The van der Waals surface area contributed by atoms with Gasteiger partial charge in [0.05, 0.1) is 10.6 Å². The third-order valence-electron chi connectivity index (χ3n) is 3.77. The van der Waals surface area contributed by atoms with Crippen molar-refractivity contribution in [1.29, 1.82) is 0 Å². The average molecular weight is 346 g/mol. The summed E-state index contributed by atoms with van der Waals surface area (Å²) < 4.78 is 52.0. The maximum absolute atomic E-state index is 12.6. The zero-order valence-corrected chi connectivity index (χ0v) is 14.5. The summed E-state index contributed by atoms with van der Waals surface area (Å²) >= 11 is 0. The van der Waals surface area contributed by atoms with Gasteiger partial charge in [0.15, 0.2) is 0 Å². The van der Waals surface area contributed by atoms with E-state index in [1.807, 2.05) is 6.92 Å². The Hall–Kier alpha value is -1.12. The average Bonchev–Trinajstić information content (AvgIpc) is 2.47. The van der Waals surface area contributed by atoms with E-state index in [9.17, 15) is 16.8 Å². The van der Waals surface area contributed by atoms with Crippen LogP contribution >= 0.6 is 0 Å². The molecule has 6 nitrogen and oxygen atoms in total. The lowest BCUT2D eigenvalue weighted by Crippen LogP contribution is -2.39. The van der Waals surface area contributed by atoms with Crippen LogP contribution in [-0.4, -0.2) is 40.0 Å². The molecular formula is C14H22N2O4S2. The molecule has 1 aromatic carbocycles. The third kappa shape index (κ3) is 3.99. The number of hydrogen-bond donors (Lipinski definition) is 1. The number of rotatable bonds is 5. The van der Waals surface area contributed by atoms with E-state index in [0.717, 1.165) is 12.8 Å². The number of hydrogen-bond acceptors (Lipinski definition) is 4. The van der Waals surface area contributed by atoms with Crippen molar-refractivity contribution >= 4 is 25.7 Å². The molecule has 1 fully saturated rings. The van der Waals surface area contributed by atoms with Gasteiger partial charge in [-0.1, -0.05) is 6.92 Å². The lowest BCUT2D eigenvalue weighted by molar-refractivity contribution is 0.281. The summed E-state index contributed by atoms with van der Waals surface area (Å²) in [6.07, 6.45) is 1.92. The quantitative estimate of drug-likeness (QED) is 0.882. The first-order valence-electron chi connectivity index (χ1n) is 7.35. The Kier molecular flexibility index (Phi) is 5.14. The Morgan fingerprint density at radius 2 is 1.82 bits per heavy atom. The van der Waals surface area contributed by atoms with Gasteiger partial charge in [-0.3, -0.25) is 4.72 Å². The highest BCUT2D eigenvalue weighted by Gasteiger charge is 2.28. The fourth-order valence-electron chi connectivity index (χ4n) is 2.46. The molecule has 0 aromatic heterocycles. The van der Waals surface area contributed by atoms with Crippen LogP contribution in [0.5, 0.6) is 0 Å². The molecule has 0 spiro atoms. The van der Waals surface area contributed by atoms with E-state index in [1.165, 1.54) is 28.6 Å². The Labute approximate surface area is 132 Å². The summed E-state index contributed by atoms with van der Waals surface area (Å²) in [6, 6.07) is 5.85. The van der Waals surface area contributed by atoms with Gasteiger partial charge in [0.1, 0.15) is 0 Å². The largest absolute Gasteiger partial charge is 0.284 e. The van der Waals surface area contributed by atoms with Crippen LogP contribution in [0.1, 0.15) is 26.7 Å². The van der Waals surface area contributed by atoms with Crippen molar-refractivity contribution in [2.45, 2.75) is 31.6 Å². The van der Waals surface area contributed by atoms with Gasteiger partial charge in [-0.05, 0) is 49.9 Å². The van der Waals surface area contributed by atoms with E-state index in [-0.39, 0.29) is 10.6 Å². The van der Waals surface area contributed by atoms with Crippen molar-refractivity contribution in [2.24, 2.45) is 5.92 Å². The Morgan fingerprint density at radius 3 is 2.36 bits per heavy atom. The molecule has 1 heterocycles. The maximum Gasteiger partial charge on any atom is 0.243 e. The molecule has 0 aliphatic carbocycles. The Bertz CT molecular complexity index is 712. The molecule has 1 atom stereocenters. The summed E-state index contributed by atoms with van der Waals surface area (Å²) in [5.74, 6) is 0.331. The summed E-state index contributed by atoms with van der Waals surface area (Å²) in [6.45, 7) is 4.66. The third-order valence-corrected chi connectivity index (χ3v) is 6.95. The lowest BCUT2D eigenvalue weighted by Gasteiger charge is -2.30. The van der Waals surface area contributed by atoms with E-state index < -0.39 is 20.0 Å². The first kappa shape index (κ1) is 17.2. The van der Waals surface area contributed by atoms with Gasteiger partial charge >= 0.3 is 0 Å². The smallest absolute Gasteiger partial charge is 0.243 e. The zero-order valence-electron chi connectivity index (χ0n) is 12.8. The van der Waals surface area contributed by atoms with Crippen LogP contribution < -0.4 is 4.72 Å². The number of nitrogens with zero attached hydrogens (tertiary/aromatic N) is 1. The number of anilines is 1. The molecule has 22 heavy (non-hydrogen) atoms. The monoisotopic (exact) mass is 346 g/mol. The van der Waals surface area contributed by atoms with Crippen LogP contribution in [0.15, 0.2) is 29.2 Å². The molecule has 0 bridgehead atoms. The van der Waals surface area contributed by atoms with Crippen molar-refractivity contribution < 1.29 is 16.8 Å². The van der Waals surface area contributed by atoms with Crippen LogP contribution in [0.2, 0.25) is 0 Å². The Morgan fingerprint density at radius 1 is 1.18 bits per heavy atom. The van der Waals surface area contributed by atoms with E-state index in [2.05, 4.69) is 4.72 Å². The van der Waals surface area contributed by atoms with Gasteiger partial charge < -0.3 is 0 Å². The predicted octanol–water partition coefficient (Wildman–Crippen LogP) is 1.87. The molecule has 1 aliphatic heterocycles. The highest BCUT2D eigenvalue weighted by molar-refractivity contribution is 7.92. The lowest BCUT2D eigenvalue weighted by atomic mass is 10.0. The number of piperidine rings is 1. The predicted molar refractivity (Wildman–Crippen MR) is 86.7 cm³/mol. The normalized spacial score (nSPS) is 20.7. The number of nitrogens with one attached hydrogen (secondary N) is 1. The van der Waals surface area contributed by atoms with E-state index in [0.29, 0.717) is 24.7 Å². The second-order valence-corrected chi connectivity index (χ2v) is 9.59. The SMILES string of the molecule is CCS(=O)(=O)Nc1ccc(S(=O)(=O)N2CCCC(C)C2)cc1. The van der Waals surface area contributed by atoms with Gasteiger partial charge in [-0.25, -0.2) is 16.8 Å². The minimum atomic E-state index is -3.50. The molecule has 1 unspecified atom stereocenters. The minimum Gasteiger partial charge on any atom is -0.284 e. The first-order valence-corrected chi connectivity index (χ1v) is 10.4. The summed E-state index contributed by atoms with van der Waals surface area (Å²) in [5.41, 5.74) is 0.368. The van der Waals surface area contributed by atoms with Crippen LogP contribution in [0.4, 0.5) is 5.69 Å². The molecular weight excluding hydrogens is 324 g/mol. The van der Waals surface area contributed by atoms with Gasteiger partial charge in [0.25, 0.3) is 0 Å². The van der Waals surface area contributed by atoms with Crippen LogP contribution in [0.3, 0.4) is 0 Å². The minimum absolute atomic E-state index is 0.0291. The van der Waals surface area contributed by atoms with Crippen LogP contribution in [-0.2, 0) is 20.0 Å². The van der Waals surface area contributed by atoms with Crippen LogP contribution in [0.25, 0.3) is 0 Å². The molecule has 1 aliphatic rings. The van der Waals surface area contributed by atoms with Crippen molar-refractivity contribution in [3.63, 3.8) is 0 Å². The van der Waals surface area contributed by atoms with Crippen molar-refractivity contribution in [1.82, 2.24) is 4.31 Å². The van der Waals surface area contributed by atoms with Gasteiger partial charge in [0.2, 0.25) is 20.0 Å². The second-order valence-electron chi connectivity index (χ2n) is 5.64. The fraction of sp³-hybridized carbons (Fsp3) is 0.571. The zero-order chi connectivity index (χ0) is 16.4. The maximum atomic E-state index is 12.6. The van der Waals surface area contributed by atoms with E-state index >= 15 is 0 Å². The summed E-state index contributed by atoms with van der Waals surface area (Å²) in [4.78, 5) is 0.195. The van der Waals surface area contributed by atoms with Crippen molar-refractivity contribution in [3.8, 4) is 0 Å². The first-order chi connectivity index (χ1) is 10.2. The molecule has 1 aromatic rings. The molecule has 0 saturated carbocycles. The standard InChI is InChI=1S/C14H22N2O4S2/c1-3-21(17,18)15-13-6-8-14(9-7-13)22(19,20)16-10-4-5-12(2)11-16/h6-9,12,15H,3-5,10-11H2,1-2H3. The van der Waals surface area contributed by atoms with Gasteiger partial charge in [-0.2, -0.15) is 4.31 Å². The topological polar surface area (TPSA) is 83.5 Å². The van der Waals surface area contributed by atoms with Gasteiger partial charge in [0, 0.05) is 18.8 Å². The van der Waals surface area contributed by atoms with E-state index in [4.69, 9.17) is 0 Å².